The normalized spacial score (nSPS) is 16.0. The van der Waals surface area contributed by atoms with Gasteiger partial charge in [0.05, 0.1) is 0 Å². The standard InChI is InChI=1S/C18H25N7O3/c1-28-16(14-5-3-2-4-6-14)17(27)20-11-13-7-9-24(10-8-13)15(26)12-25-18(19)21-22-23-25/h2-6,13,16H,7-12H2,1H3,(H,20,27)(H2,19,21,23)/t16-/m0/s1. The number of amides is 2. The smallest absolute Gasteiger partial charge is 0.253 e. The number of piperidine rings is 1. The number of tetrazole rings is 1. The maximum absolute atomic E-state index is 12.5. The summed E-state index contributed by atoms with van der Waals surface area (Å²) in [6.07, 6.45) is 1.02. The van der Waals surface area contributed by atoms with E-state index < -0.39 is 6.10 Å². The Hall–Kier alpha value is -3.01. The topological polar surface area (TPSA) is 128 Å². The van der Waals surface area contributed by atoms with Crippen LogP contribution in [0.3, 0.4) is 0 Å². The Kier molecular flexibility index (Phi) is 6.53. The molecule has 1 aromatic carbocycles. The van der Waals surface area contributed by atoms with Gasteiger partial charge in [-0.3, -0.25) is 9.59 Å². The van der Waals surface area contributed by atoms with Gasteiger partial charge in [0.15, 0.2) is 6.10 Å². The highest BCUT2D eigenvalue weighted by molar-refractivity contribution is 5.82. The fourth-order valence-corrected chi connectivity index (χ4v) is 3.30. The van der Waals surface area contributed by atoms with Gasteiger partial charge in [0, 0.05) is 26.7 Å². The van der Waals surface area contributed by atoms with Crippen LogP contribution in [0.1, 0.15) is 24.5 Å². The minimum atomic E-state index is -0.621. The van der Waals surface area contributed by atoms with Crippen molar-refractivity contribution in [2.75, 3.05) is 32.5 Å². The van der Waals surface area contributed by atoms with E-state index in [1.165, 1.54) is 11.8 Å². The average Bonchev–Trinajstić information content (AvgIpc) is 3.12. The van der Waals surface area contributed by atoms with E-state index in [2.05, 4.69) is 20.8 Å². The van der Waals surface area contributed by atoms with E-state index in [0.29, 0.717) is 25.6 Å². The van der Waals surface area contributed by atoms with Crippen LogP contribution in [0.2, 0.25) is 0 Å². The molecule has 0 saturated carbocycles. The molecule has 0 radical (unpaired) electrons. The molecule has 1 saturated heterocycles. The highest BCUT2D eigenvalue weighted by atomic mass is 16.5. The summed E-state index contributed by atoms with van der Waals surface area (Å²) >= 11 is 0. The largest absolute Gasteiger partial charge is 0.367 e. The van der Waals surface area contributed by atoms with E-state index in [1.54, 1.807) is 4.90 Å². The number of aromatic nitrogens is 4. The van der Waals surface area contributed by atoms with E-state index in [0.717, 1.165) is 18.4 Å². The lowest BCUT2D eigenvalue weighted by Gasteiger charge is -2.32. The fraction of sp³-hybridized carbons (Fsp3) is 0.500. The van der Waals surface area contributed by atoms with Crippen LogP contribution >= 0.6 is 0 Å². The zero-order valence-corrected chi connectivity index (χ0v) is 15.8. The molecule has 28 heavy (non-hydrogen) atoms. The third-order valence-corrected chi connectivity index (χ3v) is 4.95. The van der Waals surface area contributed by atoms with Gasteiger partial charge < -0.3 is 20.7 Å². The Balaban J connectivity index is 1.43. The molecule has 150 valence electrons. The molecule has 3 N–H and O–H groups in total. The van der Waals surface area contributed by atoms with Gasteiger partial charge in [0.2, 0.25) is 11.9 Å². The first-order valence-corrected chi connectivity index (χ1v) is 9.23. The van der Waals surface area contributed by atoms with Crippen LogP contribution in [0, 0.1) is 5.92 Å². The van der Waals surface area contributed by atoms with Crippen molar-refractivity contribution in [1.82, 2.24) is 30.4 Å². The van der Waals surface area contributed by atoms with E-state index in [4.69, 9.17) is 10.5 Å². The van der Waals surface area contributed by atoms with Crippen LogP contribution in [0.25, 0.3) is 0 Å². The Morgan fingerprint density at radius 3 is 2.61 bits per heavy atom. The number of nitrogens with two attached hydrogens (primary N) is 1. The molecular formula is C18H25N7O3. The molecule has 1 atom stereocenters. The first-order chi connectivity index (χ1) is 13.6. The first kappa shape index (κ1) is 19.7. The van der Waals surface area contributed by atoms with Crippen LogP contribution in [-0.4, -0.2) is 63.7 Å². The Morgan fingerprint density at radius 1 is 1.29 bits per heavy atom. The minimum Gasteiger partial charge on any atom is -0.367 e. The number of rotatable bonds is 7. The molecule has 1 fully saturated rings. The molecule has 3 rings (SSSR count). The number of nitrogens with one attached hydrogen (secondary N) is 1. The number of benzene rings is 1. The summed E-state index contributed by atoms with van der Waals surface area (Å²) in [7, 11) is 1.53. The molecular weight excluding hydrogens is 362 g/mol. The maximum atomic E-state index is 12.5. The quantitative estimate of drug-likeness (QED) is 0.684. The number of carbonyl (C=O) groups is 2. The average molecular weight is 387 g/mol. The van der Waals surface area contributed by atoms with Gasteiger partial charge in [-0.05, 0) is 34.7 Å². The van der Waals surface area contributed by atoms with Gasteiger partial charge in [-0.2, -0.15) is 0 Å². The third kappa shape index (κ3) is 4.83. The molecule has 1 aliphatic rings. The molecule has 2 aromatic rings. The maximum Gasteiger partial charge on any atom is 0.253 e. The van der Waals surface area contributed by atoms with Crippen molar-refractivity contribution >= 4 is 17.8 Å². The first-order valence-electron chi connectivity index (χ1n) is 9.23. The van der Waals surface area contributed by atoms with E-state index in [-0.39, 0.29) is 24.3 Å². The summed E-state index contributed by atoms with van der Waals surface area (Å²) in [5, 5.41) is 13.7. The lowest BCUT2D eigenvalue weighted by molar-refractivity contribution is -0.134. The SMILES string of the molecule is CO[C@H](C(=O)NCC1CCN(C(=O)Cn2nnnc2N)CC1)c1ccccc1. The molecule has 1 aromatic heterocycles. The predicted molar refractivity (Wildman–Crippen MR) is 101 cm³/mol. The number of anilines is 1. The van der Waals surface area contributed by atoms with Gasteiger partial charge in [-0.25, -0.2) is 4.68 Å². The van der Waals surface area contributed by atoms with Crippen LogP contribution < -0.4 is 11.1 Å². The number of nitrogens with zero attached hydrogens (tertiary/aromatic N) is 5. The van der Waals surface area contributed by atoms with Crippen LogP contribution in [0.15, 0.2) is 30.3 Å². The monoisotopic (exact) mass is 387 g/mol. The summed E-state index contributed by atoms with van der Waals surface area (Å²) < 4.78 is 6.63. The summed E-state index contributed by atoms with van der Waals surface area (Å²) in [5.41, 5.74) is 6.42. The third-order valence-electron chi connectivity index (χ3n) is 4.95. The number of likely N-dealkylation sites (tertiary alicyclic amines) is 1. The van der Waals surface area contributed by atoms with E-state index in [1.807, 2.05) is 30.3 Å². The second-order valence-corrected chi connectivity index (χ2v) is 6.79. The zero-order valence-electron chi connectivity index (χ0n) is 15.8. The van der Waals surface area contributed by atoms with Gasteiger partial charge in [0.1, 0.15) is 6.54 Å². The zero-order chi connectivity index (χ0) is 19.9. The second-order valence-electron chi connectivity index (χ2n) is 6.79. The van der Waals surface area contributed by atoms with Crippen molar-refractivity contribution in [1.29, 1.82) is 0 Å². The van der Waals surface area contributed by atoms with Crippen molar-refractivity contribution in [3.63, 3.8) is 0 Å². The van der Waals surface area contributed by atoms with Crippen molar-refractivity contribution in [3.8, 4) is 0 Å². The molecule has 0 unspecified atom stereocenters. The molecule has 0 aliphatic carbocycles. The van der Waals surface area contributed by atoms with Crippen molar-refractivity contribution in [2.24, 2.45) is 5.92 Å². The number of methoxy groups -OCH3 is 1. The molecule has 2 amide bonds. The number of ether oxygens (including phenoxy) is 1. The van der Waals surface area contributed by atoms with Gasteiger partial charge in [-0.15, -0.1) is 0 Å². The summed E-state index contributed by atoms with van der Waals surface area (Å²) in [5.74, 6) is 0.225. The Labute approximate surface area is 163 Å². The Morgan fingerprint density at radius 2 is 2.00 bits per heavy atom. The molecule has 0 bridgehead atoms. The number of hydrogen-bond donors (Lipinski definition) is 2. The van der Waals surface area contributed by atoms with Crippen LogP contribution in [-0.2, 0) is 20.9 Å². The molecule has 10 nitrogen and oxygen atoms in total. The Bertz CT molecular complexity index is 787. The summed E-state index contributed by atoms with van der Waals surface area (Å²) in [6, 6.07) is 9.40. The van der Waals surface area contributed by atoms with E-state index in [9.17, 15) is 9.59 Å². The predicted octanol–water partition coefficient (Wildman–Crippen LogP) is -0.00220. The van der Waals surface area contributed by atoms with Crippen LogP contribution in [0.5, 0.6) is 0 Å². The fourth-order valence-electron chi connectivity index (χ4n) is 3.30. The van der Waals surface area contributed by atoms with Crippen molar-refractivity contribution < 1.29 is 14.3 Å². The van der Waals surface area contributed by atoms with Crippen molar-refractivity contribution in [2.45, 2.75) is 25.5 Å². The summed E-state index contributed by atoms with van der Waals surface area (Å²) in [4.78, 5) is 26.6. The van der Waals surface area contributed by atoms with Crippen LogP contribution in [0.4, 0.5) is 5.95 Å². The van der Waals surface area contributed by atoms with Gasteiger partial charge in [-0.1, -0.05) is 35.4 Å². The molecule has 1 aliphatic heterocycles. The number of carbonyl (C=O) groups excluding carboxylic acids is 2. The molecule has 2 heterocycles. The van der Waals surface area contributed by atoms with Gasteiger partial charge >= 0.3 is 0 Å². The number of hydrogen-bond acceptors (Lipinski definition) is 7. The molecule has 0 spiro atoms. The number of nitrogen functional groups attached to an aromatic ring is 1. The van der Waals surface area contributed by atoms with Crippen molar-refractivity contribution in [3.05, 3.63) is 35.9 Å². The lowest BCUT2D eigenvalue weighted by atomic mass is 9.96. The highest BCUT2D eigenvalue weighted by Crippen LogP contribution is 2.19. The van der Waals surface area contributed by atoms with Gasteiger partial charge in [0.25, 0.3) is 5.91 Å². The summed E-state index contributed by atoms with van der Waals surface area (Å²) in [6.45, 7) is 1.86. The highest BCUT2D eigenvalue weighted by Gasteiger charge is 2.25. The minimum absolute atomic E-state index is 0.0346. The van der Waals surface area contributed by atoms with E-state index >= 15 is 0 Å². The lowest BCUT2D eigenvalue weighted by Crippen LogP contribution is -2.43. The second kappa shape index (κ2) is 9.27. The molecule has 10 heteroatoms.